The molecule has 20 heavy (non-hydrogen) atoms. The van der Waals surface area contributed by atoms with Gasteiger partial charge < -0.3 is 25.5 Å². The Balaban J connectivity index is 2.48. The minimum absolute atomic E-state index is 0.144. The molecule has 0 aromatic heterocycles. The lowest BCUT2D eigenvalue weighted by molar-refractivity contribution is -0.434. The molecule has 0 saturated carbocycles. The second-order valence-corrected chi connectivity index (χ2v) is 7.06. The monoisotopic (exact) mass is 335 g/mol. The van der Waals surface area contributed by atoms with Gasteiger partial charge in [-0.1, -0.05) is 5.04 Å². The third-order valence-corrected chi connectivity index (χ3v) is 6.25. The van der Waals surface area contributed by atoms with E-state index in [0.29, 0.717) is 0 Å². The minimum Gasteiger partial charge on any atom is -0.394 e. The van der Waals surface area contributed by atoms with Gasteiger partial charge in [-0.2, -0.15) is 0 Å². The average Bonchev–Trinajstić information content (AvgIpc) is 2.69. The summed E-state index contributed by atoms with van der Waals surface area (Å²) in [6.45, 7) is -0.802. The highest BCUT2D eigenvalue weighted by Gasteiger charge is 2.50. The van der Waals surface area contributed by atoms with Crippen molar-refractivity contribution in [2.45, 2.75) is 29.7 Å². The van der Waals surface area contributed by atoms with Crippen LogP contribution in [0.4, 0.5) is 0 Å². The molecule has 0 aromatic rings. The van der Waals surface area contributed by atoms with Crippen LogP contribution in [0, 0.1) is 0 Å². The molecule has 0 aliphatic carbocycles. The molecule has 9 nitrogen and oxygen atoms in total. The second-order valence-electron chi connectivity index (χ2n) is 4.24. The molecule has 0 amide bonds. The van der Waals surface area contributed by atoms with Gasteiger partial charge in [0.1, 0.15) is 35.9 Å². The van der Waals surface area contributed by atoms with Crippen molar-refractivity contribution in [3.8, 4) is 0 Å². The lowest BCUT2D eigenvalue weighted by atomic mass is 10.2. The summed E-state index contributed by atoms with van der Waals surface area (Å²) in [6, 6.07) is 0. The van der Waals surface area contributed by atoms with Crippen molar-refractivity contribution < 1.29 is 44.3 Å². The molecule has 0 radical (unpaired) electrons. The Kier molecular flexibility index (Phi) is 8.62. The molecule has 0 spiro atoms. The zero-order chi connectivity index (χ0) is 15.1. The number of aliphatic hydroxyl groups excluding tert-OH is 5. The molecule has 1 rings (SSSR count). The molecular formula is C9H19O9S2+. The number of aliphatic hydroxyl groups is 5. The van der Waals surface area contributed by atoms with E-state index >= 15 is 0 Å². The summed E-state index contributed by atoms with van der Waals surface area (Å²) in [5.74, 6) is 0.413. The molecule has 1 saturated heterocycles. The molecule has 1 aliphatic heterocycles. The number of rotatable bonds is 9. The molecule has 1 unspecified atom stereocenters. The third-order valence-electron chi connectivity index (χ3n) is 2.98. The van der Waals surface area contributed by atoms with E-state index in [2.05, 4.69) is 9.37 Å². The fraction of sp³-hybridized carbons (Fsp3) is 1.00. The Bertz CT molecular complexity index is 272. The lowest BCUT2D eigenvalue weighted by Crippen LogP contribution is -2.41. The van der Waals surface area contributed by atoms with Gasteiger partial charge in [-0.3, -0.25) is 4.18 Å². The normalized spacial score (nSPS) is 33.3. The molecule has 1 heterocycles. The highest BCUT2D eigenvalue weighted by atomic mass is 32.2. The van der Waals surface area contributed by atoms with E-state index in [0.717, 1.165) is 0 Å². The van der Waals surface area contributed by atoms with Crippen LogP contribution in [0.2, 0.25) is 0 Å². The van der Waals surface area contributed by atoms with Gasteiger partial charge >= 0.3 is 0 Å². The van der Waals surface area contributed by atoms with E-state index in [1.54, 1.807) is 0 Å². The summed E-state index contributed by atoms with van der Waals surface area (Å²) >= 11 is 0.243. The first-order chi connectivity index (χ1) is 9.54. The summed E-state index contributed by atoms with van der Waals surface area (Å²) in [7, 11) is -0.607. The largest absolute Gasteiger partial charge is 0.394 e. The Morgan fingerprint density at radius 3 is 2.55 bits per heavy atom. The zero-order valence-electron chi connectivity index (χ0n) is 10.4. The Labute approximate surface area is 122 Å². The van der Waals surface area contributed by atoms with E-state index in [1.807, 2.05) is 0 Å². The van der Waals surface area contributed by atoms with Crippen LogP contribution in [-0.4, -0.2) is 85.2 Å². The Morgan fingerprint density at radius 2 is 2.00 bits per heavy atom. The molecule has 0 bridgehead atoms. The van der Waals surface area contributed by atoms with E-state index in [1.165, 1.54) is 0 Å². The van der Waals surface area contributed by atoms with Crippen LogP contribution in [0.1, 0.15) is 0 Å². The predicted molar refractivity (Wildman–Crippen MR) is 70.3 cm³/mol. The van der Waals surface area contributed by atoms with Crippen LogP contribution < -0.4 is 0 Å². The summed E-state index contributed by atoms with van der Waals surface area (Å²) in [4.78, 5) is 0. The van der Waals surface area contributed by atoms with Crippen LogP contribution >= 0.6 is 12.3 Å². The van der Waals surface area contributed by atoms with Gasteiger partial charge in [0, 0.05) is 10.9 Å². The van der Waals surface area contributed by atoms with Crippen LogP contribution in [-0.2, 0) is 24.5 Å². The van der Waals surface area contributed by atoms with Gasteiger partial charge in [-0.05, 0) is 0 Å². The SMILES string of the molecule is OC[C@H](OSOOO)[C@H](O)C[S+]1C[C@@H](O)[C@H](O)[C@H]1CO. The average molecular weight is 335 g/mol. The maximum absolute atomic E-state index is 9.96. The Hall–Kier alpha value is 0.340. The number of hydrogen-bond acceptors (Lipinski definition) is 10. The van der Waals surface area contributed by atoms with E-state index < -0.39 is 47.2 Å². The topological polar surface area (TPSA) is 149 Å². The van der Waals surface area contributed by atoms with E-state index in [-0.39, 0.29) is 30.4 Å². The second kappa shape index (κ2) is 9.38. The molecule has 1 fully saturated rings. The Morgan fingerprint density at radius 1 is 1.30 bits per heavy atom. The lowest BCUT2D eigenvalue weighted by Gasteiger charge is -2.20. The molecule has 0 aromatic carbocycles. The van der Waals surface area contributed by atoms with Gasteiger partial charge in [0.05, 0.1) is 13.2 Å². The first-order valence-electron chi connectivity index (χ1n) is 5.77. The third kappa shape index (κ3) is 4.96. The van der Waals surface area contributed by atoms with Gasteiger partial charge in [0.2, 0.25) is 0 Å². The van der Waals surface area contributed by atoms with Gasteiger partial charge in [-0.25, -0.2) is 5.26 Å². The molecule has 120 valence electrons. The zero-order valence-corrected chi connectivity index (χ0v) is 12.1. The predicted octanol–water partition coefficient (Wildman–Crippen LogP) is -2.58. The first-order valence-corrected chi connectivity index (χ1v) is 8.06. The van der Waals surface area contributed by atoms with Crippen molar-refractivity contribution in [3.63, 3.8) is 0 Å². The van der Waals surface area contributed by atoms with Crippen LogP contribution in [0.5, 0.6) is 0 Å². The van der Waals surface area contributed by atoms with Crippen LogP contribution in [0.3, 0.4) is 0 Å². The summed E-state index contributed by atoms with van der Waals surface area (Å²) in [5, 5.41) is 58.2. The highest BCUT2D eigenvalue weighted by Crippen LogP contribution is 2.25. The highest BCUT2D eigenvalue weighted by molar-refractivity contribution is 7.97. The van der Waals surface area contributed by atoms with Crippen LogP contribution in [0.25, 0.3) is 0 Å². The van der Waals surface area contributed by atoms with Gasteiger partial charge in [0.25, 0.3) is 0 Å². The summed E-state index contributed by atoms with van der Waals surface area (Å²) in [5.41, 5.74) is 0. The fourth-order valence-corrected chi connectivity index (χ4v) is 4.97. The quantitative estimate of drug-likeness (QED) is 0.0872. The summed E-state index contributed by atoms with van der Waals surface area (Å²) in [6.07, 6.45) is -4.05. The van der Waals surface area contributed by atoms with E-state index in [4.69, 9.17) is 14.5 Å². The smallest absolute Gasteiger partial charge is 0.198 e. The van der Waals surface area contributed by atoms with Crippen molar-refractivity contribution in [2.75, 3.05) is 24.7 Å². The van der Waals surface area contributed by atoms with E-state index in [9.17, 15) is 20.4 Å². The van der Waals surface area contributed by atoms with Crippen molar-refractivity contribution in [1.82, 2.24) is 0 Å². The van der Waals surface area contributed by atoms with Crippen molar-refractivity contribution >= 4 is 23.2 Å². The van der Waals surface area contributed by atoms with Crippen molar-refractivity contribution in [2.24, 2.45) is 0 Å². The maximum Gasteiger partial charge on any atom is 0.198 e. The van der Waals surface area contributed by atoms with Gasteiger partial charge in [-0.15, -0.1) is 4.33 Å². The molecular weight excluding hydrogens is 316 g/mol. The molecule has 11 heteroatoms. The molecule has 1 aliphatic rings. The minimum atomic E-state index is -1.09. The first kappa shape index (κ1) is 18.4. The van der Waals surface area contributed by atoms with Crippen molar-refractivity contribution in [1.29, 1.82) is 0 Å². The summed E-state index contributed by atoms with van der Waals surface area (Å²) < 4.78 is 8.83. The number of hydrogen-bond donors (Lipinski definition) is 6. The maximum atomic E-state index is 9.96. The van der Waals surface area contributed by atoms with Crippen LogP contribution in [0.15, 0.2) is 0 Å². The van der Waals surface area contributed by atoms with Crippen molar-refractivity contribution in [3.05, 3.63) is 0 Å². The standard InChI is InChI=1S/C9H18O9S2/c10-1-7(16-19-18-17-15)5(12)3-20-4-6(13)9(14)8(20)2-11/h5-14H,1-4H2/p+1/t5-,6-,7+,8-,9+,20?/m1/s1. The van der Waals surface area contributed by atoms with Gasteiger partial charge in [0.15, 0.2) is 17.6 Å². The molecule has 6 N–H and O–H groups in total. The fourth-order valence-electron chi connectivity index (χ4n) is 1.91. The molecule has 6 atom stereocenters.